The van der Waals surface area contributed by atoms with Crippen molar-refractivity contribution in [3.63, 3.8) is 0 Å². The molecule has 0 spiro atoms. The molecule has 0 aliphatic heterocycles. The Bertz CT molecular complexity index is 783. The topological polar surface area (TPSA) is 75.6 Å². The lowest BCUT2D eigenvalue weighted by molar-refractivity contribution is 0.0695. The van der Waals surface area contributed by atoms with Crippen LogP contribution in [0.1, 0.15) is 27.9 Å². The van der Waals surface area contributed by atoms with Crippen LogP contribution in [0, 0.1) is 11.6 Å². The number of aromatic carboxylic acids is 1. The molecule has 136 valence electrons. The molecule has 0 saturated heterocycles. The second-order valence-electron chi connectivity index (χ2n) is 5.34. The zero-order chi connectivity index (χ0) is 18.9. The number of hydrogen-bond acceptors (Lipinski definition) is 3. The van der Waals surface area contributed by atoms with Crippen molar-refractivity contribution in [2.75, 3.05) is 6.54 Å². The predicted molar refractivity (Wildman–Crippen MR) is 91.6 cm³/mol. The van der Waals surface area contributed by atoms with E-state index in [1.165, 1.54) is 12.2 Å². The molecular weight excluding hydrogens is 344 g/mol. The van der Waals surface area contributed by atoms with Crippen molar-refractivity contribution in [3.8, 4) is 0 Å². The van der Waals surface area contributed by atoms with Crippen LogP contribution in [-0.4, -0.2) is 23.7 Å². The van der Waals surface area contributed by atoms with Gasteiger partial charge in [0, 0.05) is 12.1 Å². The highest BCUT2D eigenvalue weighted by Gasteiger charge is 2.12. The monoisotopic (exact) mass is 361 g/mol. The molecule has 0 radical (unpaired) electrons. The number of rotatable bonds is 7. The molecular formula is C19H17F2NO4. The van der Waals surface area contributed by atoms with Crippen LogP contribution in [0.5, 0.6) is 0 Å². The van der Waals surface area contributed by atoms with E-state index in [-0.39, 0.29) is 18.7 Å². The van der Waals surface area contributed by atoms with Crippen molar-refractivity contribution in [1.82, 2.24) is 5.32 Å². The van der Waals surface area contributed by atoms with Gasteiger partial charge in [-0.25, -0.2) is 18.4 Å². The summed E-state index contributed by atoms with van der Waals surface area (Å²) in [6.45, 7) is 0.370. The summed E-state index contributed by atoms with van der Waals surface area (Å²) in [6, 6.07) is 10.7. The van der Waals surface area contributed by atoms with Gasteiger partial charge in [0.2, 0.25) is 0 Å². The van der Waals surface area contributed by atoms with Gasteiger partial charge in [0.05, 0.1) is 5.56 Å². The first kappa shape index (κ1) is 19.1. The lowest BCUT2D eigenvalue weighted by Crippen LogP contribution is -2.24. The van der Waals surface area contributed by atoms with Gasteiger partial charge < -0.3 is 15.2 Å². The largest absolute Gasteiger partial charge is 0.478 e. The summed E-state index contributed by atoms with van der Waals surface area (Å²) in [6.07, 6.45) is 2.40. The van der Waals surface area contributed by atoms with Crippen LogP contribution in [0.25, 0.3) is 6.08 Å². The standard InChI is InChI=1S/C19H17F2NO4/c20-16-10-14(18(23)24)11-17(21)15(16)8-4-5-9-22-19(25)26-12-13-6-2-1-3-7-13/h1-4,6-8,10-11H,5,9,12H2,(H,22,25)(H,23,24). The Labute approximate surface area is 148 Å². The summed E-state index contributed by atoms with van der Waals surface area (Å²) in [5.41, 5.74) is 0.0694. The number of carbonyl (C=O) groups excluding carboxylic acids is 1. The number of nitrogens with one attached hydrogen (secondary N) is 1. The quantitative estimate of drug-likeness (QED) is 0.731. The molecule has 2 aromatic carbocycles. The molecule has 0 saturated carbocycles. The average Bonchev–Trinajstić information content (AvgIpc) is 2.62. The Morgan fingerprint density at radius 3 is 2.38 bits per heavy atom. The molecule has 0 atom stereocenters. The molecule has 0 fully saturated rings. The number of amides is 1. The third kappa shape index (κ3) is 5.70. The van der Waals surface area contributed by atoms with Gasteiger partial charge in [0.25, 0.3) is 0 Å². The lowest BCUT2D eigenvalue weighted by atomic mass is 10.1. The van der Waals surface area contributed by atoms with Crippen molar-refractivity contribution >= 4 is 18.1 Å². The zero-order valence-corrected chi connectivity index (χ0v) is 13.7. The van der Waals surface area contributed by atoms with E-state index in [0.29, 0.717) is 6.42 Å². The van der Waals surface area contributed by atoms with Crippen molar-refractivity contribution in [3.05, 3.63) is 76.9 Å². The van der Waals surface area contributed by atoms with Crippen LogP contribution < -0.4 is 5.32 Å². The van der Waals surface area contributed by atoms with Crippen LogP contribution in [0.4, 0.5) is 13.6 Å². The summed E-state index contributed by atoms with van der Waals surface area (Å²) in [5.74, 6) is -3.33. The van der Waals surface area contributed by atoms with Crippen molar-refractivity contribution in [2.24, 2.45) is 0 Å². The van der Waals surface area contributed by atoms with E-state index in [1.54, 1.807) is 0 Å². The molecule has 0 aliphatic carbocycles. The summed E-state index contributed by atoms with van der Waals surface area (Å²) in [4.78, 5) is 22.2. The Balaban J connectivity index is 1.77. The van der Waals surface area contributed by atoms with Crippen LogP contribution in [-0.2, 0) is 11.3 Å². The number of hydrogen-bond donors (Lipinski definition) is 2. The smallest absolute Gasteiger partial charge is 0.407 e. The molecule has 0 heterocycles. The third-order valence-corrected chi connectivity index (χ3v) is 3.40. The molecule has 7 heteroatoms. The van der Waals surface area contributed by atoms with Gasteiger partial charge in [-0.05, 0) is 24.1 Å². The molecule has 1 amide bonds. The van der Waals surface area contributed by atoms with Gasteiger partial charge in [-0.2, -0.15) is 0 Å². The van der Waals surface area contributed by atoms with Crippen LogP contribution in [0.3, 0.4) is 0 Å². The second kappa shape index (κ2) is 9.31. The Kier molecular flexibility index (Phi) is 6.84. The minimum absolute atomic E-state index is 0.148. The highest BCUT2D eigenvalue weighted by atomic mass is 19.1. The number of alkyl carbamates (subject to hydrolysis) is 1. The van der Waals surface area contributed by atoms with Crippen LogP contribution in [0.2, 0.25) is 0 Å². The highest BCUT2D eigenvalue weighted by Crippen LogP contribution is 2.17. The Hall–Kier alpha value is -3.22. The molecule has 0 bridgehead atoms. The SMILES string of the molecule is O=C(NCCC=Cc1c(F)cc(C(=O)O)cc1F)OCc1ccccc1. The number of halogens is 2. The number of carboxylic acids is 1. The van der Waals surface area contributed by atoms with E-state index in [4.69, 9.17) is 9.84 Å². The van der Waals surface area contributed by atoms with E-state index >= 15 is 0 Å². The molecule has 0 unspecified atom stereocenters. The fraction of sp³-hybridized carbons (Fsp3) is 0.158. The van der Waals surface area contributed by atoms with Gasteiger partial charge in [-0.3, -0.25) is 0 Å². The number of benzene rings is 2. The normalized spacial score (nSPS) is 10.7. The predicted octanol–water partition coefficient (Wildman–Crippen LogP) is 3.99. The van der Waals surface area contributed by atoms with Gasteiger partial charge in [-0.15, -0.1) is 0 Å². The molecule has 2 N–H and O–H groups in total. The summed E-state index contributed by atoms with van der Waals surface area (Å²) in [5, 5.41) is 11.3. The van der Waals surface area contributed by atoms with Crippen molar-refractivity contribution in [1.29, 1.82) is 0 Å². The molecule has 2 aromatic rings. The van der Waals surface area contributed by atoms with E-state index in [0.717, 1.165) is 17.7 Å². The van der Waals surface area contributed by atoms with Crippen LogP contribution >= 0.6 is 0 Å². The summed E-state index contributed by atoms with van der Waals surface area (Å²) >= 11 is 0. The Morgan fingerprint density at radius 1 is 1.12 bits per heavy atom. The van der Waals surface area contributed by atoms with Gasteiger partial charge in [0.15, 0.2) is 0 Å². The second-order valence-corrected chi connectivity index (χ2v) is 5.34. The van der Waals surface area contributed by atoms with E-state index in [2.05, 4.69) is 5.32 Å². The lowest BCUT2D eigenvalue weighted by Gasteiger charge is -2.06. The number of carbonyl (C=O) groups is 2. The number of carboxylic acid groups (broad SMARTS) is 1. The van der Waals surface area contributed by atoms with Gasteiger partial charge in [0.1, 0.15) is 18.2 Å². The summed E-state index contributed by atoms with van der Waals surface area (Å²) in [7, 11) is 0. The maximum absolute atomic E-state index is 13.7. The first-order valence-electron chi connectivity index (χ1n) is 7.81. The molecule has 26 heavy (non-hydrogen) atoms. The van der Waals surface area contributed by atoms with Gasteiger partial charge in [-0.1, -0.05) is 42.5 Å². The maximum Gasteiger partial charge on any atom is 0.407 e. The summed E-state index contributed by atoms with van der Waals surface area (Å²) < 4.78 is 32.5. The van der Waals surface area contributed by atoms with Crippen molar-refractivity contribution in [2.45, 2.75) is 13.0 Å². The Morgan fingerprint density at radius 2 is 1.77 bits per heavy atom. The fourth-order valence-corrected chi connectivity index (χ4v) is 2.10. The van der Waals surface area contributed by atoms with E-state index < -0.39 is 29.3 Å². The molecule has 5 nitrogen and oxygen atoms in total. The highest BCUT2D eigenvalue weighted by molar-refractivity contribution is 5.88. The number of ether oxygens (including phenoxy) is 1. The van der Waals surface area contributed by atoms with Crippen LogP contribution in [0.15, 0.2) is 48.5 Å². The average molecular weight is 361 g/mol. The fourth-order valence-electron chi connectivity index (χ4n) is 2.10. The van der Waals surface area contributed by atoms with Gasteiger partial charge >= 0.3 is 12.1 Å². The first-order chi connectivity index (χ1) is 12.5. The van der Waals surface area contributed by atoms with Crippen molar-refractivity contribution < 1.29 is 28.2 Å². The third-order valence-electron chi connectivity index (χ3n) is 3.40. The van der Waals surface area contributed by atoms with E-state index in [1.807, 2.05) is 30.3 Å². The molecule has 2 rings (SSSR count). The minimum atomic E-state index is -1.41. The molecule has 0 aliphatic rings. The first-order valence-corrected chi connectivity index (χ1v) is 7.81. The molecule has 0 aromatic heterocycles. The minimum Gasteiger partial charge on any atom is -0.478 e. The maximum atomic E-state index is 13.7. The van der Waals surface area contributed by atoms with E-state index in [9.17, 15) is 18.4 Å². The zero-order valence-electron chi connectivity index (χ0n) is 13.7.